The van der Waals surface area contributed by atoms with Crippen molar-refractivity contribution in [1.29, 1.82) is 0 Å². The third-order valence-electron chi connectivity index (χ3n) is 5.07. The minimum absolute atomic E-state index is 0.237. The lowest BCUT2D eigenvalue weighted by Gasteiger charge is -2.26. The zero-order chi connectivity index (χ0) is 17.7. The van der Waals surface area contributed by atoms with Gasteiger partial charge in [-0.3, -0.25) is 4.98 Å². The summed E-state index contributed by atoms with van der Waals surface area (Å²) in [5.74, 6) is 1.81. The van der Waals surface area contributed by atoms with Gasteiger partial charge in [-0.25, -0.2) is 19.7 Å². The van der Waals surface area contributed by atoms with Gasteiger partial charge in [-0.1, -0.05) is 0 Å². The maximum Gasteiger partial charge on any atom is 0.325 e. The lowest BCUT2D eigenvalue weighted by atomic mass is 10.2. The molecule has 9 heteroatoms. The van der Waals surface area contributed by atoms with E-state index in [2.05, 4.69) is 39.7 Å². The van der Waals surface area contributed by atoms with E-state index in [1.165, 1.54) is 0 Å². The number of nitrogens with one attached hydrogen (secondary N) is 3. The van der Waals surface area contributed by atoms with Gasteiger partial charge in [0.05, 0.1) is 10.9 Å². The molecular formula is C17H18N8O. The Bertz CT molecular complexity index is 1140. The Hall–Kier alpha value is -3.36. The molecule has 1 fully saturated rings. The third kappa shape index (κ3) is 2.32. The molecule has 0 bridgehead atoms. The maximum atomic E-state index is 11.4. The van der Waals surface area contributed by atoms with Crippen LogP contribution in [-0.2, 0) is 0 Å². The first kappa shape index (κ1) is 14.9. The van der Waals surface area contributed by atoms with E-state index in [1.54, 1.807) is 6.33 Å². The fourth-order valence-corrected chi connectivity index (χ4v) is 3.65. The number of rotatable bonds is 3. The van der Waals surface area contributed by atoms with Crippen LogP contribution in [0.25, 0.3) is 22.2 Å². The monoisotopic (exact) mass is 350 g/mol. The molecule has 1 aliphatic rings. The SMILES string of the molecule is CN(c1ccc2[nH]c(=O)[nH]c2n1)C1CCN(c2ncnc3[nH]ccc23)C1. The quantitative estimate of drug-likeness (QED) is 0.513. The van der Waals surface area contributed by atoms with E-state index in [-0.39, 0.29) is 5.69 Å². The summed E-state index contributed by atoms with van der Waals surface area (Å²) in [6, 6.07) is 6.14. The molecule has 1 aliphatic heterocycles. The molecule has 0 aliphatic carbocycles. The van der Waals surface area contributed by atoms with Crippen LogP contribution in [0.5, 0.6) is 0 Å². The molecule has 3 N–H and O–H groups in total. The van der Waals surface area contributed by atoms with Crippen LogP contribution in [-0.4, -0.2) is 56.1 Å². The van der Waals surface area contributed by atoms with Crippen LogP contribution in [0.3, 0.4) is 0 Å². The standard InChI is InChI=1S/C17H18N8O/c1-24(13-3-2-12-15(22-13)23-17(26)21-12)10-5-7-25(8-10)16-11-4-6-18-14(11)19-9-20-16/h2-4,6,9-10H,5,7-8H2,1H3,(H,18,19,20)(H2,21,22,23,26). The Balaban J connectivity index is 1.40. The lowest BCUT2D eigenvalue weighted by molar-refractivity contribution is 0.685. The summed E-state index contributed by atoms with van der Waals surface area (Å²) in [4.78, 5) is 37.8. The summed E-state index contributed by atoms with van der Waals surface area (Å²) in [5.41, 5.74) is 1.92. The van der Waals surface area contributed by atoms with Gasteiger partial charge in [-0.05, 0) is 24.6 Å². The Morgan fingerprint density at radius 2 is 2.12 bits per heavy atom. The summed E-state index contributed by atoms with van der Waals surface area (Å²) in [5, 5.41) is 1.04. The highest BCUT2D eigenvalue weighted by Gasteiger charge is 2.28. The van der Waals surface area contributed by atoms with Crippen molar-refractivity contribution in [3.05, 3.63) is 41.2 Å². The Morgan fingerprint density at radius 1 is 1.19 bits per heavy atom. The largest absolute Gasteiger partial charge is 0.355 e. The van der Waals surface area contributed by atoms with Crippen molar-refractivity contribution in [1.82, 2.24) is 29.9 Å². The summed E-state index contributed by atoms with van der Waals surface area (Å²) in [6.07, 6.45) is 4.50. The maximum absolute atomic E-state index is 11.4. The van der Waals surface area contributed by atoms with E-state index >= 15 is 0 Å². The molecule has 5 rings (SSSR count). The Morgan fingerprint density at radius 3 is 3.04 bits per heavy atom. The van der Waals surface area contributed by atoms with Crippen molar-refractivity contribution >= 4 is 33.8 Å². The molecule has 0 aromatic carbocycles. The van der Waals surface area contributed by atoms with Crippen molar-refractivity contribution < 1.29 is 0 Å². The van der Waals surface area contributed by atoms with E-state index in [0.717, 1.165) is 47.7 Å². The normalized spacial score (nSPS) is 17.4. The average molecular weight is 350 g/mol. The highest BCUT2D eigenvalue weighted by molar-refractivity contribution is 5.87. The fourth-order valence-electron chi connectivity index (χ4n) is 3.65. The van der Waals surface area contributed by atoms with Gasteiger partial charge in [0.2, 0.25) is 0 Å². The number of likely N-dealkylation sites (N-methyl/N-ethyl adjacent to an activating group) is 1. The number of fused-ring (bicyclic) bond motifs is 2. The van der Waals surface area contributed by atoms with Crippen LogP contribution in [0.15, 0.2) is 35.5 Å². The number of H-pyrrole nitrogens is 3. The number of hydrogen-bond donors (Lipinski definition) is 3. The molecule has 132 valence electrons. The molecule has 1 atom stereocenters. The van der Waals surface area contributed by atoms with Crippen LogP contribution in [0.2, 0.25) is 0 Å². The second kappa shape index (κ2) is 5.58. The highest BCUT2D eigenvalue weighted by atomic mass is 16.1. The van der Waals surface area contributed by atoms with E-state index < -0.39 is 0 Å². The van der Waals surface area contributed by atoms with Gasteiger partial charge in [0.1, 0.15) is 23.6 Å². The van der Waals surface area contributed by atoms with Crippen molar-refractivity contribution in [2.75, 3.05) is 29.9 Å². The van der Waals surface area contributed by atoms with Gasteiger partial charge in [0.15, 0.2) is 5.65 Å². The van der Waals surface area contributed by atoms with Gasteiger partial charge in [-0.15, -0.1) is 0 Å². The number of aromatic amines is 3. The number of pyridine rings is 1. The predicted octanol–water partition coefficient (Wildman–Crippen LogP) is 1.24. The first-order chi connectivity index (χ1) is 12.7. The van der Waals surface area contributed by atoms with Gasteiger partial charge in [0, 0.05) is 32.4 Å². The second-order valence-corrected chi connectivity index (χ2v) is 6.58. The van der Waals surface area contributed by atoms with Gasteiger partial charge in [-0.2, -0.15) is 0 Å². The number of aromatic nitrogens is 6. The van der Waals surface area contributed by atoms with Crippen molar-refractivity contribution in [2.45, 2.75) is 12.5 Å². The fraction of sp³-hybridized carbons (Fsp3) is 0.294. The molecule has 5 heterocycles. The molecule has 1 saturated heterocycles. The lowest BCUT2D eigenvalue weighted by Crippen LogP contribution is -2.35. The molecule has 1 unspecified atom stereocenters. The Kier molecular flexibility index (Phi) is 3.21. The van der Waals surface area contributed by atoms with Crippen molar-refractivity contribution in [2.24, 2.45) is 0 Å². The molecule has 4 aromatic heterocycles. The molecule has 0 spiro atoms. The van der Waals surface area contributed by atoms with E-state index in [1.807, 2.05) is 31.4 Å². The minimum Gasteiger partial charge on any atom is -0.355 e. The summed E-state index contributed by atoms with van der Waals surface area (Å²) >= 11 is 0. The van der Waals surface area contributed by atoms with E-state index in [9.17, 15) is 4.79 Å². The smallest absolute Gasteiger partial charge is 0.325 e. The Labute approximate surface area is 148 Å². The second-order valence-electron chi connectivity index (χ2n) is 6.58. The van der Waals surface area contributed by atoms with Crippen LogP contribution in [0.1, 0.15) is 6.42 Å². The number of hydrogen-bond acceptors (Lipinski definition) is 6. The van der Waals surface area contributed by atoms with Gasteiger partial charge in [0.25, 0.3) is 0 Å². The van der Waals surface area contributed by atoms with Crippen LogP contribution in [0, 0.1) is 0 Å². The molecule has 26 heavy (non-hydrogen) atoms. The van der Waals surface area contributed by atoms with Gasteiger partial charge < -0.3 is 19.8 Å². The number of anilines is 2. The van der Waals surface area contributed by atoms with E-state index in [0.29, 0.717) is 11.7 Å². The molecule has 0 radical (unpaired) electrons. The number of nitrogens with zero attached hydrogens (tertiary/aromatic N) is 5. The van der Waals surface area contributed by atoms with Crippen LogP contribution in [0.4, 0.5) is 11.6 Å². The molecule has 0 saturated carbocycles. The highest BCUT2D eigenvalue weighted by Crippen LogP contribution is 2.28. The molecular weight excluding hydrogens is 332 g/mol. The summed E-state index contributed by atoms with van der Waals surface area (Å²) < 4.78 is 0. The first-order valence-corrected chi connectivity index (χ1v) is 8.54. The zero-order valence-corrected chi connectivity index (χ0v) is 14.2. The summed E-state index contributed by atoms with van der Waals surface area (Å²) in [7, 11) is 2.04. The molecule has 4 aromatic rings. The molecule has 9 nitrogen and oxygen atoms in total. The summed E-state index contributed by atoms with van der Waals surface area (Å²) in [6.45, 7) is 1.78. The first-order valence-electron chi connectivity index (χ1n) is 8.54. The minimum atomic E-state index is -0.237. The topological polar surface area (TPSA) is 110 Å². The van der Waals surface area contributed by atoms with Crippen LogP contribution < -0.4 is 15.5 Å². The average Bonchev–Trinajstić information content (AvgIpc) is 3.38. The predicted molar refractivity (Wildman–Crippen MR) is 99.6 cm³/mol. The zero-order valence-electron chi connectivity index (χ0n) is 14.2. The van der Waals surface area contributed by atoms with Crippen molar-refractivity contribution in [3.8, 4) is 0 Å². The van der Waals surface area contributed by atoms with Gasteiger partial charge >= 0.3 is 5.69 Å². The number of imidazole rings is 1. The van der Waals surface area contributed by atoms with Crippen molar-refractivity contribution in [3.63, 3.8) is 0 Å². The third-order valence-corrected chi connectivity index (χ3v) is 5.07. The van der Waals surface area contributed by atoms with E-state index in [4.69, 9.17) is 0 Å². The van der Waals surface area contributed by atoms with Crippen LogP contribution >= 0.6 is 0 Å². The molecule has 0 amide bonds.